The van der Waals surface area contributed by atoms with Gasteiger partial charge in [0.1, 0.15) is 0 Å². The Kier molecular flexibility index (Phi) is 4.35. The van der Waals surface area contributed by atoms with Crippen molar-refractivity contribution in [2.75, 3.05) is 4.43 Å². The van der Waals surface area contributed by atoms with Crippen LogP contribution in [0.25, 0.3) is 0 Å². The van der Waals surface area contributed by atoms with E-state index in [1.165, 1.54) is 0 Å². The van der Waals surface area contributed by atoms with Crippen LogP contribution in [0.1, 0.15) is 0 Å². The van der Waals surface area contributed by atoms with E-state index < -0.39 is 40.2 Å². The summed E-state index contributed by atoms with van der Waals surface area (Å²) in [5.41, 5.74) is -0.953. The summed E-state index contributed by atoms with van der Waals surface area (Å²) in [5.74, 6) is 0. The molecule has 0 aromatic rings. The van der Waals surface area contributed by atoms with Gasteiger partial charge in [0.2, 0.25) is 0 Å². The van der Waals surface area contributed by atoms with Crippen LogP contribution in [0.4, 0.5) is 13.2 Å². The van der Waals surface area contributed by atoms with Gasteiger partial charge in [0.25, 0.3) is 0 Å². The molecule has 2 N–H and O–H groups in total. The zero-order valence-electron chi connectivity index (χ0n) is 7.37. The van der Waals surface area contributed by atoms with E-state index in [4.69, 9.17) is 10.0 Å². The monoisotopic (exact) mass is 332 g/mol. The van der Waals surface area contributed by atoms with E-state index in [2.05, 4.69) is 4.99 Å². The second-order valence-corrected chi connectivity index (χ2v) is 5.02. The van der Waals surface area contributed by atoms with Crippen molar-refractivity contribution < 1.29 is 44.4 Å². The molecule has 84 valence electrons. The van der Waals surface area contributed by atoms with Crippen molar-refractivity contribution in [1.82, 2.24) is 0 Å². The molecule has 0 spiro atoms. The van der Waals surface area contributed by atoms with Crippen LogP contribution < -0.4 is 21.2 Å². The van der Waals surface area contributed by atoms with Crippen LogP contribution in [0, 0.1) is 0 Å². The molecule has 0 unspecified atom stereocenters. The van der Waals surface area contributed by atoms with Crippen LogP contribution in [-0.2, 0) is 0 Å². The summed E-state index contributed by atoms with van der Waals surface area (Å²) in [5, 5.41) is 17.6. The van der Waals surface area contributed by atoms with Crippen molar-refractivity contribution in [3.8, 4) is 0 Å². The van der Waals surface area contributed by atoms with Crippen molar-refractivity contribution in [3.05, 3.63) is 21.3 Å². The average molecular weight is 332 g/mol. The molecular weight excluding hydrogens is 325 g/mol. The average Bonchev–Trinajstić information content (AvgIpc) is 1.99. The molecule has 0 aromatic heterocycles. The quantitative estimate of drug-likeness (QED) is 0.317. The van der Waals surface area contributed by atoms with Crippen LogP contribution in [0.5, 0.6) is 0 Å². The molecule has 0 amide bonds. The minimum atomic E-state index is -4.48. The van der Waals surface area contributed by atoms with Crippen molar-refractivity contribution in [3.63, 3.8) is 0 Å². The summed E-state index contributed by atoms with van der Waals surface area (Å²) in [7, 11) is -1.76. The fourth-order valence-electron chi connectivity index (χ4n) is 0.788. The van der Waals surface area contributed by atoms with Crippen LogP contribution >= 0.6 is 0 Å². The number of nitrogens with zero attached hydrogens (tertiary/aromatic N) is 1. The Bertz CT molecular complexity index is 325. The van der Waals surface area contributed by atoms with Crippen molar-refractivity contribution in [2.45, 2.75) is 6.18 Å². The number of halogens is 4. The van der Waals surface area contributed by atoms with E-state index in [0.717, 1.165) is 12.3 Å². The molecule has 1 aliphatic rings. The summed E-state index contributed by atoms with van der Waals surface area (Å²) in [6.07, 6.45) is -2.60. The van der Waals surface area contributed by atoms with E-state index in [0.29, 0.717) is 0 Å². The molecule has 0 atom stereocenters. The predicted molar refractivity (Wildman–Crippen MR) is 45.8 cm³/mol. The van der Waals surface area contributed by atoms with Crippen molar-refractivity contribution in [2.24, 2.45) is 4.99 Å². The van der Waals surface area contributed by atoms with Gasteiger partial charge in [-0.1, -0.05) is 0 Å². The Balaban J connectivity index is 2.90. The van der Waals surface area contributed by atoms with Gasteiger partial charge in [-0.3, -0.25) is 0 Å². The number of rotatable bonds is 1. The van der Waals surface area contributed by atoms with E-state index in [1.54, 1.807) is 4.08 Å². The number of alkyl halides is 4. The summed E-state index contributed by atoms with van der Waals surface area (Å²) in [6, 6.07) is 0. The fraction of sp³-hybridized carbons (Fsp3) is 0.286. The Morgan fingerprint density at radius 2 is 2.07 bits per heavy atom. The molecule has 1 rings (SSSR count). The molecule has 0 saturated carbocycles. The predicted octanol–water partition coefficient (Wildman–Crippen LogP) is -2.50. The molecule has 3 nitrogen and oxygen atoms in total. The van der Waals surface area contributed by atoms with Crippen LogP contribution in [0.3, 0.4) is 0 Å². The Labute approximate surface area is 94.8 Å². The molecule has 1 heterocycles. The van der Waals surface area contributed by atoms with Gasteiger partial charge in [-0.2, -0.15) is 0 Å². The first kappa shape index (κ1) is 12.7. The molecule has 0 saturated heterocycles. The molecule has 8 heteroatoms. The van der Waals surface area contributed by atoms with Gasteiger partial charge < -0.3 is 0 Å². The standard InChI is InChI=1S/C7H7BF3INO2/c9-7(10,11)6-1-2-12-3-5(4-13-6)8(14)15/h1,3-4,14-15H,2H2/q-1. The maximum absolute atomic E-state index is 12.3. The maximum atomic E-state index is 12.3. The van der Waals surface area contributed by atoms with Gasteiger partial charge >= 0.3 is 94.7 Å². The van der Waals surface area contributed by atoms with Gasteiger partial charge in [-0.05, 0) is 0 Å². The zero-order valence-corrected chi connectivity index (χ0v) is 9.53. The second-order valence-electron chi connectivity index (χ2n) is 2.64. The van der Waals surface area contributed by atoms with Crippen LogP contribution in [0.2, 0.25) is 0 Å². The number of allylic oxidation sites excluding steroid dienone is 3. The number of hydrogen-bond acceptors (Lipinski definition) is 3. The topological polar surface area (TPSA) is 52.8 Å². The van der Waals surface area contributed by atoms with Crippen molar-refractivity contribution in [1.29, 1.82) is 0 Å². The Morgan fingerprint density at radius 1 is 1.40 bits per heavy atom. The summed E-state index contributed by atoms with van der Waals surface area (Å²) in [4.78, 5) is 3.20. The minimum absolute atomic E-state index is 0.0256. The first-order chi connectivity index (χ1) is 6.91. The van der Waals surface area contributed by atoms with Gasteiger partial charge in [-0.25, -0.2) is 0 Å². The third-order valence-corrected chi connectivity index (χ3v) is 3.61. The van der Waals surface area contributed by atoms with E-state index in [-0.39, 0.29) is 9.90 Å². The van der Waals surface area contributed by atoms with E-state index in [1.807, 2.05) is 0 Å². The first-order valence-corrected chi connectivity index (χ1v) is 6.63. The van der Waals surface area contributed by atoms with Gasteiger partial charge in [0.15, 0.2) is 0 Å². The fourth-order valence-corrected chi connectivity index (χ4v) is 2.70. The molecule has 1 aliphatic heterocycles. The molecule has 15 heavy (non-hydrogen) atoms. The van der Waals surface area contributed by atoms with Crippen LogP contribution in [-0.4, -0.2) is 34.0 Å². The van der Waals surface area contributed by atoms with E-state index in [9.17, 15) is 13.2 Å². The SMILES string of the molecule is OB(O)C1=C[I-]CC=C(C(F)(F)F)N=C1. The summed E-state index contributed by atoms with van der Waals surface area (Å²) in [6.45, 7) is 0. The molecule has 0 aromatic carbocycles. The molecule has 0 fully saturated rings. The zero-order chi connectivity index (χ0) is 11.5. The first-order valence-electron chi connectivity index (χ1n) is 3.86. The number of aliphatic imine (C=N–C) groups is 1. The third kappa shape index (κ3) is 3.96. The third-order valence-electron chi connectivity index (χ3n) is 1.50. The van der Waals surface area contributed by atoms with Crippen LogP contribution in [0.15, 0.2) is 26.3 Å². The van der Waals surface area contributed by atoms with Gasteiger partial charge in [0.05, 0.1) is 0 Å². The Hall–Kier alpha value is -0.345. The summed E-state index contributed by atoms with van der Waals surface area (Å²) >= 11 is -0.629. The van der Waals surface area contributed by atoms with Gasteiger partial charge in [-0.15, -0.1) is 0 Å². The number of hydrogen-bond donors (Lipinski definition) is 2. The van der Waals surface area contributed by atoms with Crippen molar-refractivity contribution >= 4 is 13.3 Å². The Morgan fingerprint density at radius 3 is 2.60 bits per heavy atom. The molecule has 0 bridgehead atoms. The molecule has 0 radical (unpaired) electrons. The second kappa shape index (κ2) is 5.13. The van der Waals surface area contributed by atoms with E-state index >= 15 is 0 Å². The van der Waals surface area contributed by atoms with Gasteiger partial charge in [0, 0.05) is 0 Å². The molecule has 0 aliphatic carbocycles. The summed E-state index contributed by atoms with van der Waals surface area (Å²) < 4.78 is 38.6. The molecular formula is C7H7BF3INO2-. The normalized spacial score (nSPS) is 18.2.